The van der Waals surface area contributed by atoms with Crippen molar-refractivity contribution in [2.24, 2.45) is 0 Å². The van der Waals surface area contributed by atoms with Crippen molar-refractivity contribution in [2.45, 2.75) is 47.0 Å². The van der Waals surface area contributed by atoms with Gasteiger partial charge >= 0.3 is 0 Å². The fourth-order valence-corrected chi connectivity index (χ4v) is 2.48. The summed E-state index contributed by atoms with van der Waals surface area (Å²) in [6.07, 6.45) is 3.17. The van der Waals surface area contributed by atoms with E-state index in [4.69, 9.17) is 0 Å². The van der Waals surface area contributed by atoms with Gasteiger partial charge in [0, 0.05) is 16.7 Å². The number of rotatable bonds is 3. The lowest BCUT2D eigenvalue weighted by atomic mass is 9.96. The van der Waals surface area contributed by atoms with Gasteiger partial charge in [0.2, 0.25) is 0 Å². The van der Waals surface area contributed by atoms with Crippen LogP contribution in [0.25, 0.3) is 0 Å². The fourth-order valence-electron chi connectivity index (χ4n) is 2.48. The zero-order chi connectivity index (χ0) is 17.4. The lowest BCUT2D eigenvalue weighted by Crippen LogP contribution is -2.18. The van der Waals surface area contributed by atoms with Crippen molar-refractivity contribution in [2.75, 3.05) is 5.32 Å². The first-order chi connectivity index (χ1) is 10.6. The molecule has 0 unspecified atom stereocenters. The number of Topliss-reactive ketones (excluding diaryl/α,β-unsaturated/α-hetero) is 1. The number of carbonyl (C=O) groups is 2. The molecule has 6 heteroatoms. The average Bonchev–Trinajstić information content (AvgIpc) is 2.73. The van der Waals surface area contributed by atoms with Gasteiger partial charge in [0.15, 0.2) is 5.78 Å². The third-order valence-electron chi connectivity index (χ3n) is 3.60. The first-order valence-corrected chi connectivity index (χ1v) is 7.45. The Kier molecular flexibility index (Phi) is 4.36. The van der Waals surface area contributed by atoms with Crippen LogP contribution in [0.1, 0.15) is 65.6 Å². The van der Waals surface area contributed by atoms with Crippen LogP contribution in [0.4, 0.5) is 5.69 Å². The summed E-state index contributed by atoms with van der Waals surface area (Å²) in [6.45, 7) is 11.1. The summed E-state index contributed by atoms with van der Waals surface area (Å²) in [7, 11) is 0. The molecule has 1 amide bonds. The van der Waals surface area contributed by atoms with Gasteiger partial charge in [0.05, 0.1) is 18.1 Å². The van der Waals surface area contributed by atoms with Gasteiger partial charge in [-0.3, -0.25) is 9.59 Å². The highest BCUT2D eigenvalue weighted by Crippen LogP contribution is 2.21. The Hall–Kier alpha value is -2.50. The topological polar surface area (TPSA) is 87.7 Å². The van der Waals surface area contributed by atoms with Gasteiger partial charge in [0.1, 0.15) is 11.5 Å². The van der Waals surface area contributed by atoms with Gasteiger partial charge in [0.25, 0.3) is 5.91 Å². The molecule has 0 saturated carbocycles. The zero-order valence-electron chi connectivity index (χ0n) is 14.4. The Morgan fingerprint density at radius 2 is 1.70 bits per heavy atom. The van der Waals surface area contributed by atoms with Crippen LogP contribution in [0.5, 0.6) is 0 Å². The second-order valence-corrected chi connectivity index (χ2v) is 6.68. The summed E-state index contributed by atoms with van der Waals surface area (Å²) in [5.41, 5.74) is 2.66. The number of amides is 1. The van der Waals surface area contributed by atoms with E-state index in [9.17, 15) is 9.59 Å². The van der Waals surface area contributed by atoms with E-state index in [1.54, 1.807) is 26.2 Å². The molecule has 2 aromatic rings. The van der Waals surface area contributed by atoms with Crippen LogP contribution in [-0.4, -0.2) is 26.6 Å². The number of hydrogen-bond acceptors (Lipinski definition) is 4. The Labute approximate surface area is 135 Å². The monoisotopic (exact) mass is 314 g/mol. The first kappa shape index (κ1) is 16.9. The highest BCUT2D eigenvalue weighted by molar-refractivity contribution is 6.07. The molecule has 0 aliphatic rings. The highest BCUT2D eigenvalue weighted by Gasteiger charge is 2.21. The van der Waals surface area contributed by atoms with E-state index in [-0.39, 0.29) is 17.1 Å². The summed E-state index contributed by atoms with van der Waals surface area (Å²) in [6, 6.07) is 0. The molecule has 0 bridgehead atoms. The molecule has 0 radical (unpaired) electrons. The molecule has 2 heterocycles. The van der Waals surface area contributed by atoms with Crippen LogP contribution in [0.3, 0.4) is 0 Å². The van der Waals surface area contributed by atoms with E-state index in [2.05, 4.69) is 20.3 Å². The summed E-state index contributed by atoms with van der Waals surface area (Å²) < 4.78 is 0. The van der Waals surface area contributed by atoms with Gasteiger partial charge < -0.3 is 10.3 Å². The first-order valence-electron chi connectivity index (χ1n) is 7.45. The maximum atomic E-state index is 12.4. The number of hydrogen-bond donors (Lipinski definition) is 2. The van der Waals surface area contributed by atoms with E-state index >= 15 is 0 Å². The van der Waals surface area contributed by atoms with E-state index in [1.165, 1.54) is 6.92 Å². The van der Waals surface area contributed by atoms with Gasteiger partial charge in [-0.25, -0.2) is 9.97 Å². The lowest BCUT2D eigenvalue weighted by molar-refractivity contribution is 0.101. The molecular weight excluding hydrogens is 292 g/mol. The van der Waals surface area contributed by atoms with Crippen molar-refractivity contribution >= 4 is 17.4 Å². The van der Waals surface area contributed by atoms with E-state index in [1.807, 2.05) is 20.8 Å². The van der Waals surface area contributed by atoms with Gasteiger partial charge in [-0.05, 0) is 26.3 Å². The molecule has 0 aliphatic heterocycles. The highest BCUT2D eigenvalue weighted by atomic mass is 16.2. The van der Waals surface area contributed by atoms with Crippen LogP contribution < -0.4 is 5.32 Å². The molecule has 0 spiro atoms. The van der Waals surface area contributed by atoms with Crippen LogP contribution in [0.2, 0.25) is 0 Å². The summed E-state index contributed by atoms with van der Waals surface area (Å²) in [5.74, 6) is 0.333. The summed E-state index contributed by atoms with van der Waals surface area (Å²) in [4.78, 5) is 35.6. The van der Waals surface area contributed by atoms with Crippen molar-refractivity contribution in [1.82, 2.24) is 15.0 Å². The smallest absolute Gasteiger partial charge is 0.272 e. The fraction of sp³-hybridized carbons (Fsp3) is 0.412. The number of nitrogens with one attached hydrogen (secondary N) is 2. The molecular formula is C17H22N4O2. The Balaban J connectivity index is 2.23. The molecule has 122 valence electrons. The molecule has 2 aromatic heterocycles. The number of H-pyrrole nitrogens is 1. The Morgan fingerprint density at radius 1 is 1.13 bits per heavy atom. The van der Waals surface area contributed by atoms with Crippen molar-refractivity contribution in [3.05, 3.63) is 40.7 Å². The average molecular weight is 314 g/mol. The van der Waals surface area contributed by atoms with Gasteiger partial charge in [-0.15, -0.1) is 0 Å². The normalized spacial score (nSPS) is 11.4. The molecule has 2 N–H and O–H groups in total. The molecule has 6 nitrogen and oxygen atoms in total. The van der Waals surface area contributed by atoms with Crippen molar-refractivity contribution in [1.29, 1.82) is 0 Å². The molecule has 0 atom stereocenters. The SMILES string of the molecule is CC(=O)c1c(C)[nH]c(C(=O)Nc2cnc(C(C)(C)C)nc2)c1C. The number of aromatic nitrogens is 3. The molecule has 0 aliphatic carbocycles. The predicted molar refractivity (Wildman–Crippen MR) is 89.0 cm³/mol. The molecule has 0 saturated heterocycles. The second-order valence-electron chi connectivity index (χ2n) is 6.68. The number of anilines is 1. The lowest BCUT2D eigenvalue weighted by Gasteiger charge is -2.16. The zero-order valence-corrected chi connectivity index (χ0v) is 14.4. The molecule has 2 rings (SSSR count). The van der Waals surface area contributed by atoms with E-state index < -0.39 is 0 Å². The third-order valence-corrected chi connectivity index (χ3v) is 3.60. The van der Waals surface area contributed by atoms with Crippen molar-refractivity contribution in [3.8, 4) is 0 Å². The van der Waals surface area contributed by atoms with E-state index in [0.29, 0.717) is 34.0 Å². The maximum Gasteiger partial charge on any atom is 0.272 e. The van der Waals surface area contributed by atoms with Crippen LogP contribution in [0.15, 0.2) is 12.4 Å². The minimum absolute atomic E-state index is 0.0619. The summed E-state index contributed by atoms with van der Waals surface area (Å²) >= 11 is 0. The quantitative estimate of drug-likeness (QED) is 0.852. The van der Waals surface area contributed by atoms with Gasteiger partial charge in [-0.1, -0.05) is 20.8 Å². The van der Waals surface area contributed by atoms with Gasteiger partial charge in [-0.2, -0.15) is 0 Å². The van der Waals surface area contributed by atoms with Crippen molar-refractivity contribution in [3.63, 3.8) is 0 Å². The standard InChI is InChI=1S/C17H22N4O2/c1-9-13(11(3)22)10(2)20-14(9)15(23)21-12-7-18-16(19-8-12)17(4,5)6/h7-8,20H,1-6H3,(H,21,23). The Morgan fingerprint density at radius 3 is 2.13 bits per heavy atom. The number of ketones is 1. The van der Waals surface area contributed by atoms with Crippen LogP contribution in [-0.2, 0) is 5.41 Å². The molecule has 23 heavy (non-hydrogen) atoms. The van der Waals surface area contributed by atoms with Crippen LogP contribution >= 0.6 is 0 Å². The summed E-state index contributed by atoms with van der Waals surface area (Å²) in [5, 5.41) is 2.75. The minimum atomic E-state index is -0.315. The third kappa shape index (κ3) is 3.47. The number of carbonyl (C=O) groups excluding carboxylic acids is 2. The largest absolute Gasteiger partial charge is 0.354 e. The Bertz CT molecular complexity index is 752. The number of nitrogens with zero attached hydrogens (tertiary/aromatic N) is 2. The maximum absolute atomic E-state index is 12.4. The molecule has 0 fully saturated rings. The van der Waals surface area contributed by atoms with Crippen LogP contribution in [0, 0.1) is 13.8 Å². The molecule has 0 aromatic carbocycles. The van der Waals surface area contributed by atoms with E-state index in [0.717, 1.165) is 0 Å². The number of aryl methyl sites for hydroxylation is 1. The number of aromatic amines is 1. The van der Waals surface area contributed by atoms with Crippen molar-refractivity contribution < 1.29 is 9.59 Å². The second kappa shape index (κ2) is 5.95. The minimum Gasteiger partial charge on any atom is -0.354 e. The predicted octanol–water partition coefficient (Wildman–Crippen LogP) is 3.17.